The van der Waals surface area contributed by atoms with Gasteiger partial charge in [-0.25, -0.2) is 0 Å². The zero-order valence-electron chi connectivity index (χ0n) is 10.6. The Morgan fingerprint density at radius 1 is 1.06 bits per heavy atom. The van der Waals surface area contributed by atoms with E-state index in [-0.39, 0.29) is 0 Å². The lowest BCUT2D eigenvalue weighted by Gasteiger charge is -2.29. The van der Waals surface area contributed by atoms with Gasteiger partial charge < -0.3 is 11.1 Å². The molecule has 0 unspecified atom stereocenters. The fraction of sp³-hybridized carbons (Fsp3) is 0.600. The van der Waals surface area contributed by atoms with Crippen LogP contribution in [-0.2, 0) is 0 Å². The molecule has 2 rings (SSSR count). The molecule has 17 heavy (non-hydrogen) atoms. The lowest BCUT2D eigenvalue weighted by atomic mass is 9.82. The van der Waals surface area contributed by atoms with Crippen LogP contribution < -0.4 is 11.1 Å². The van der Waals surface area contributed by atoms with Crippen molar-refractivity contribution in [2.24, 2.45) is 5.73 Å². The minimum absolute atomic E-state index is 0.724. The molecule has 0 radical (unpaired) electrons. The molecule has 0 atom stereocenters. The number of hydrogen-bond acceptors (Lipinski definition) is 2. The molecule has 1 aromatic rings. The minimum atomic E-state index is 0.724. The van der Waals surface area contributed by atoms with Crippen LogP contribution in [0.15, 0.2) is 30.3 Å². The van der Waals surface area contributed by atoms with Gasteiger partial charge >= 0.3 is 0 Å². The van der Waals surface area contributed by atoms with Crippen LogP contribution in [0.25, 0.3) is 0 Å². The molecule has 3 N–H and O–H groups in total. The van der Waals surface area contributed by atoms with Gasteiger partial charge in [-0.1, -0.05) is 30.3 Å². The normalized spacial score (nSPS) is 24.8. The number of benzene rings is 1. The van der Waals surface area contributed by atoms with Crippen LogP contribution >= 0.6 is 0 Å². The second-order valence-corrected chi connectivity index (χ2v) is 5.06. The highest BCUT2D eigenvalue weighted by Crippen LogP contribution is 2.32. The van der Waals surface area contributed by atoms with Crippen molar-refractivity contribution in [2.75, 3.05) is 13.1 Å². The molecule has 1 aliphatic rings. The van der Waals surface area contributed by atoms with E-state index >= 15 is 0 Å². The van der Waals surface area contributed by atoms with Crippen molar-refractivity contribution in [3.63, 3.8) is 0 Å². The molecule has 1 saturated carbocycles. The molecule has 94 valence electrons. The molecule has 1 aliphatic carbocycles. The van der Waals surface area contributed by atoms with E-state index in [1.54, 1.807) is 0 Å². The third-order valence-corrected chi connectivity index (χ3v) is 3.81. The van der Waals surface area contributed by atoms with Crippen molar-refractivity contribution in [3.05, 3.63) is 35.9 Å². The van der Waals surface area contributed by atoms with Crippen molar-refractivity contribution < 1.29 is 0 Å². The lowest BCUT2D eigenvalue weighted by molar-refractivity contribution is 0.342. The summed E-state index contributed by atoms with van der Waals surface area (Å²) in [5.41, 5.74) is 7.02. The molecular formula is C15H24N2. The Morgan fingerprint density at radius 3 is 2.41 bits per heavy atom. The average Bonchev–Trinajstić information content (AvgIpc) is 2.41. The molecule has 2 nitrogen and oxygen atoms in total. The predicted octanol–water partition coefficient (Wildman–Crippen LogP) is 2.65. The van der Waals surface area contributed by atoms with Gasteiger partial charge in [-0.15, -0.1) is 0 Å². The molecule has 1 fully saturated rings. The summed E-state index contributed by atoms with van der Waals surface area (Å²) in [5, 5.41) is 3.61. The zero-order chi connectivity index (χ0) is 11.9. The Hall–Kier alpha value is -0.860. The summed E-state index contributed by atoms with van der Waals surface area (Å²) in [5.74, 6) is 0.781. The van der Waals surface area contributed by atoms with E-state index in [0.717, 1.165) is 31.5 Å². The molecule has 2 heteroatoms. The highest BCUT2D eigenvalue weighted by Gasteiger charge is 2.21. The predicted molar refractivity (Wildman–Crippen MR) is 73.1 cm³/mol. The van der Waals surface area contributed by atoms with Crippen LogP contribution in [0.4, 0.5) is 0 Å². The van der Waals surface area contributed by atoms with Crippen molar-refractivity contribution >= 4 is 0 Å². The highest BCUT2D eigenvalue weighted by atomic mass is 14.9. The third-order valence-electron chi connectivity index (χ3n) is 3.81. The summed E-state index contributed by atoms with van der Waals surface area (Å²) in [4.78, 5) is 0. The van der Waals surface area contributed by atoms with E-state index in [4.69, 9.17) is 5.73 Å². The Bertz CT molecular complexity index is 302. The first-order valence-electron chi connectivity index (χ1n) is 6.88. The number of rotatable bonds is 5. The minimum Gasteiger partial charge on any atom is -0.330 e. The summed E-state index contributed by atoms with van der Waals surface area (Å²) in [7, 11) is 0. The van der Waals surface area contributed by atoms with E-state index in [0.29, 0.717) is 0 Å². The first-order chi connectivity index (χ1) is 8.40. The third kappa shape index (κ3) is 3.83. The van der Waals surface area contributed by atoms with Gasteiger partial charge in [0.1, 0.15) is 0 Å². The van der Waals surface area contributed by atoms with Crippen LogP contribution in [-0.4, -0.2) is 19.1 Å². The molecule has 0 amide bonds. The highest BCUT2D eigenvalue weighted by molar-refractivity contribution is 5.20. The molecule has 0 saturated heterocycles. The van der Waals surface area contributed by atoms with Gasteiger partial charge in [0.2, 0.25) is 0 Å². The second-order valence-electron chi connectivity index (χ2n) is 5.06. The van der Waals surface area contributed by atoms with Crippen molar-refractivity contribution in [1.29, 1.82) is 0 Å². The first-order valence-corrected chi connectivity index (χ1v) is 6.88. The maximum atomic E-state index is 5.50. The maximum absolute atomic E-state index is 5.50. The smallest absolute Gasteiger partial charge is 0.00675 e. The molecular weight excluding hydrogens is 208 g/mol. The Kier molecular flexibility index (Phi) is 5.02. The fourth-order valence-electron chi connectivity index (χ4n) is 2.76. The molecule has 0 aliphatic heterocycles. The first kappa shape index (κ1) is 12.6. The average molecular weight is 232 g/mol. The van der Waals surface area contributed by atoms with Gasteiger partial charge in [0.05, 0.1) is 0 Å². The molecule has 1 aromatic carbocycles. The maximum Gasteiger partial charge on any atom is 0.00675 e. The molecule has 0 aromatic heterocycles. The van der Waals surface area contributed by atoms with Gasteiger partial charge in [0, 0.05) is 6.04 Å². The van der Waals surface area contributed by atoms with E-state index in [9.17, 15) is 0 Å². The lowest BCUT2D eigenvalue weighted by Crippen LogP contribution is -2.34. The van der Waals surface area contributed by atoms with Gasteiger partial charge in [0.25, 0.3) is 0 Å². The monoisotopic (exact) mass is 232 g/mol. The van der Waals surface area contributed by atoms with Crippen molar-refractivity contribution in [3.8, 4) is 0 Å². The van der Waals surface area contributed by atoms with Crippen molar-refractivity contribution in [2.45, 2.75) is 44.1 Å². The van der Waals surface area contributed by atoms with Crippen molar-refractivity contribution in [1.82, 2.24) is 5.32 Å². The Balaban J connectivity index is 1.74. The Labute approximate surface area is 105 Å². The second kappa shape index (κ2) is 6.77. The zero-order valence-corrected chi connectivity index (χ0v) is 10.6. The van der Waals surface area contributed by atoms with E-state index in [2.05, 4.69) is 35.6 Å². The number of hydrogen-bond donors (Lipinski definition) is 2. The van der Waals surface area contributed by atoms with Crippen LogP contribution in [0.2, 0.25) is 0 Å². The SMILES string of the molecule is NCCCNC1CCC(c2ccccc2)CC1. The van der Waals surface area contributed by atoms with Crippen LogP contribution in [0.5, 0.6) is 0 Å². The van der Waals surface area contributed by atoms with Gasteiger partial charge in [-0.05, 0) is 56.7 Å². The Morgan fingerprint density at radius 2 is 1.76 bits per heavy atom. The molecule has 0 heterocycles. The van der Waals surface area contributed by atoms with Crippen LogP contribution in [0.1, 0.15) is 43.6 Å². The van der Waals surface area contributed by atoms with E-state index < -0.39 is 0 Å². The topological polar surface area (TPSA) is 38.0 Å². The summed E-state index contributed by atoms with van der Waals surface area (Å²) >= 11 is 0. The van der Waals surface area contributed by atoms with Crippen LogP contribution in [0, 0.1) is 0 Å². The van der Waals surface area contributed by atoms with Gasteiger partial charge in [0.15, 0.2) is 0 Å². The molecule has 0 spiro atoms. The van der Waals surface area contributed by atoms with Crippen LogP contribution in [0.3, 0.4) is 0 Å². The summed E-state index contributed by atoms with van der Waals surface area (Å²) < 4.78 is 0. The number of nitrogens with two attached hydrogens (primary N) is 1. The largest absolute Gasteiger partial charge is 0.330 e. The standard InChI is InChI=1S/C15H24N2/c16-11-4-12-17-15-9-7-14(8-10-15)13-5-2-1-3-6-13/h1-3,5-6,14-15,17H,4,7-12,16H2. The quantitative estimate of drug-likeness (QED) is 0.766. The number of nitrogens with one attached hydrogen (secondary N) is 1. The molecule has 0 bridgehead atoms. The summed E-state index contributed by atoms with van der Waals surface area (Å²) in [6, 6.07) is 11.7. The van der Waals surface area contributed by atoms with Gasteiger partial charge in [-0.3, -0.25) is 0 Å². The van der Waals surface area contributed by atoms with E-state index in [1.165, 1.54) is 31.2 Å². The van der Waals surface area contributed by atoms with Gasteiger partial charge in [-0.2, -0.15) is 0 Å². The fourth-order valence-corrected chi connectivity index (χ4v) is 2.76. The van der Waals surface area contributed by atoms with E-state index in [1.807, 2.05) is 0 Å². The summed E-state index contributed by atoms with van der Waals surface area (Å²) in [6.45, 7) is 1.88. The summed E-state index contributed by atoms with van der Waals surface area (Å²) in [6.07, 6.45) is 6.36.